The smallest absolute Gasteiger partial charge is 0.304 e. The Morgan fingerprint density at radius 1 is 1.29 bits per heavy atom. The number of carboxylic acids is 1. The average Bonchev–Trinajstić information content (AvgIpc) is 2.30. The summed E-state index contributed by atoms with van der Waals surface area (Å²) < 4.78 is 10.4. The molecule has 0 aromatic heterocycles. The molecule has 94 valence electrons. The fourth-order valence-corrected chi connectivity index (χ4v) is 2.34. The van der Waals surface area contributed by atoms with Crippen molar-refractivity contribution in [3.05, 3.63) is 17.7 Å². The Labute approximate surface area is 105 Å². The third-order valence-electron chi connectivity index (χ3n) is 2.25. The molecule has 1 N–H and O–H groups in total. The Hall–Kier alpha value is -1.36. The van der Waals surface area contributed by atoms with E-state index in [1.165, 1.54) is 11.8 Å². The van der Waals surface area contributed by atoms with Crippen molar-refractivity contribution in [3.63, 3.8) is 0 Å². The molecule has 1 rings (SSSR count). The van der Waals surface area contributed by atoms with Crippen molar-refractivity contribution in [2.75, 3.05) is 20.0 Å². The van der Waals surface area contributed by atoms with Crippen LogP contribution in [0.15, 0.2) is 17.0 Å². The number of aryl methyl sites for hydroxylation is 1. The maximum atomic E-state index is 10.4. The number of aliphatic carboxylic acids is 1. The zero-order valence-electron chi connectivity index (χ0n) is 10.1. The third-order valence-corrected chi connectivity index (χ3v) is 3.41. The molecule has 0 unspecified atom stereocenters. The highest BCUT2D eigenvalue weighted by Gasteiger charge is 2.09. The van der Waals surface area contributed by atoms with E-state index in [2.05, 4.69) is 0 Å². The molecular formula is C12H16O4S. The van der Waals surface area contributed by atoms with Crippen molar-refractivity contribution in [2.45, 2.75) is 18.2 Å². The van der Waals surface area contributed by atoms with E-state index < -0.39 is 5.97 Å². The van der Waals surface area contributed by atoms with Gasteiger partial charge in [-0.25, -0.2) is 0 Å². The molecule has 0 aliphatic carbocycles. The lowest BCUT2D eigenvalue weighted by Crippen LogP contribution is -1.97. The lowest BCUT2D eigenvalue weighted by Gasteiger charge is -2.12. The van der Waals surface area contributed by atoms with E-state index in [-0.39, 0.29) is 6.42 Å². The summed E-state index contributed by atoms with van der Waals surface area (Å²) in [6.45, 7) is 1.96. The topological polar surface area (TPSA) is 55.8 Å². The van der Waals surface area contributed by atoms with Crippen LogP contribution in [0.25, 0.3) is 0 Å². The Morgan fingerprint density at radius 3 is 2.41 bits per heavy atom. The number of hydrogen-bond acceptors (Lipinski definition) is 4. The van der Waals surface area contributed by atoms with Crippen molar-refractivity contribution in [1.29, 1.82) is 0 Å². The van der Waals surface area contributed by atoms with Crippen molar-refractivity contribution in [3.8, 4) is 11.5 Å². The molecule has 0 heterocycles. The first-order chi connectivity index (χ1) is 8.08. The second-order valence-electron chi connectivity index (χ2n) is 3.46. The van der Waals surface area contributed by atoms with Gasteiger partial charge in [0.2, 0.25) is 0 Å². The first-order valence-electron chi connectivity index (χ1n) is 5.15. The zero-order valence-corrected chi connectivity index (χ0v) is 11.0. The van der Waals surface area contributed by atoms with Gasteiger partial charge in [-0.2, -0.15) is 0 Å². The van der Waals surface area contributed by atoms with E-state index in [0.717, 1.165) is 10.5 Å². The van der Waals surface area contributed by atoms with Crippen LogP contribution in [-0.2, 0) is 4.79 Å². The maximum absolute atomic E-state index is 10.4. The molecular weight excluding hydrogens is 240 g/mol. The minimum atomic E-state index is -0.782. The molecule has 0 amide bonds. The number of carbonyl (C=O) groups is 1. The molecule has 1 aromatic rings. The normalized spacial score (nSPS) is 10.1. The summed E-state index contributed by atoms with van der Waals surface area (Å²) in [6.07, 6.45) is 0.151. The summed E-state index contributed by atoms with van der Waals surface area (Å²) in [6, 6.07) is 3.77. The van der Waals surface area contributed by atoms with Crippen LogP contribution in [0.5, 0.6) is 11.5 Å². The van der Waals surface area contributed by atoms with Crippen LogP contribution >= 0.6 is 11.8 Å². The Bertz CT molecular complexity index is 404. The Morgan fingerprint density at radius 2 is 1.88 bits per heavy atom. The predicted octanol–water partition coefficient (Wildman–Crippen LogP) is 2.58. The summed E-state index contributed by atoms with van der Waals surface area (Å²) in [7, 11) is 3.17. The molecule has 0 saturated carbocycles. The van der Waals surface area contributed by atoms with Crippen LogP contribution in [-0.4, -0.2) is 31.0 Å². The molecule has 1 aromatic carbocycles. The average molecular weight is 256 g/mol. The summed E-state index contributed by atoms with van der Waals surface area (Å²) >= 11 is 1.51. The van der Waals surface area contributed by atoms with Gasteiger partial charge in [0.25, 0.3) is 0 Å². The van der Waals surface area contributed by atoms with Crippen molar-refractivity contribution in [2.24, 2.45) is 0 Å². The van der Waals surface area contributed by atoms with Gasteiger partial charge in [0, 0.05) is 10.6 Å². The van der Waals surface area contributed by atoms with Crippen LogP contribution in [0.3, 0.4) is 0 Å². The van der Waals surface area contributed by atoms with Gasteiger partial charge in [-0.05, 0) is 24.6 Å². The van der Waals surface area contributed by atoms with E-state index >= 15 is 0 Å². The molecule has 0 fully saturated rings. The molecule has 0 atom stereocenters. The quantitative estimate of drug-likeness (QED) is 0.793. The second-order valence-corrected chi connectivity index (χ2v) is 4.60. The van der Waals surface area contributed by atoms with Gasteiger partial charge in [-0.1, -0.05) is 0 Å². The van der Waals surface area contributed by atoms with Crippen molar-refractivity contribution >= 4 is 17.7 Å². The van der Waals surface area contributed by atoms with Crippen LogP contribution in [0.4, 0.5) is 0 Å². The number of carboxylic acid groups (broad SMARTS) is 1. The van der Waals surface area contributed by atoms with Gasteiger partial charge in [-0.15, -0.1) is 11.8 Å². The molecule has 0 bridgehead atoms. The van der Waals surface area contributed by atoms with Gasteiger partial charge >= 0.3 is 5.97 Å². The number of methoxy groups -OCH3 is 2. The van der Waals surface area contributed by atoms with Crippen LogP contribution < -0.4 is 9.47 Å². The molecule has 0 aliphatic heterocycles. The summed E-state index contributed by atoms with van der Waals surface area (Å²) in [5.74, 6) is 1.12. The van der Waals surface area contributed by atoms with Gasteiger partial charge < -0.3 is 14.6 Å². The Balaban J connectivity index is 2.81. The van der Waals surface area contributed by atoms with E-state index in [1.807, 2.05) is 19.1 Å². The fraction of sp³-hybridized carbons (Fsp3) is 0.417. The van der Waals surface area contributed by atoms with E-state index in [4.69, 9.17) is 14.6 Å². The Kier molecular flexibility index (Phi) is 5.15. The molecule has 4 nitrogen and oxygen atoms in total. The van der Waals surface area contributed by atoms with E-state index in [1.54, 1.807) is 14.2 Å². The largest absolute Gasteiger partial charge is 0.493 e. The van der Waals surface area contributed by atoms with Crippen molar-refractivity contribution < 1.29 is 19.4 Å². The highest BCUT2D eigenvalue weighted by atomic mass is 32.2. The monoisotopic (exact) mass is 256 g/mol. The number of hydrogen-bond donors (Lipinski definition) is 1. The first-order valence-corrected chi connectivity index (χ1v) is 6.14. The highest BCUT2D eigenvalue weighted by molar-refractivity contribution is 7.99. The molecule has 0 saturated heterocycles. The van der Waals surface area contributed by atoms with Gasteiger partial charge in [-0.3, -0.25) is 4.79 Å². The summed E-state index contributed by atoms with van der Waals surface area (Å²) in [5, 5.41) is 8.59. The third kappa shape index (κ3) is 3.85. The first kappa shape index (κ1) is 13.7. The molecule has 5 heteroatoms. The number of rotatable bonds is 6. The predicted molar refractivity (Wildman–Crippen MR) is 67.3 cm³/mol. The van der Waals surface area contributed by atoms with Gasteiger partial charge in [0.05, 0.1) is 20.6 Å². The second kappa shape index (κ2) is 6.39. The molecule has 17 heavy (non-hydrogen) atoms. The van der Waals surface area contributed by atoms with Crippen molar-refractivity contribution in [1.82, 2.24) is 0 Å². The minimum absolute atomic E-state index is 0.151. The molecule has 0 spiro atoms. The van der Waals surface area contributed by atoms with E-state index in [9.17, 15) is 4.79 Å². The fourth-order valence-electron chi connectivity index (χ4n) is 1.37. The van der Waals surface area contributed by atoms with Gasteiger partial charge in [0.15, 0.2) is 11.5 Å². The van der Waals surface area contributed by atoms with E-state index in [0.29, 0.717) is 17.3 Å². The highest BCUT2D eigenvalue weighted by Crippen LogP contribution is 2.35. The number of benzene rings is 1. The number of ether oxygens (including phenoxy) is 2. The van der Waals surface area contributed by atoms with Crippen LogP contribution in [0.2, 0.25) is 0 Å². The molecule has 0 aliphatic rings. The number of thioether (sulfide) groups is 1. The lowest BCUT2D eigenvalue weighted by molar-refractivity contribution is -0.136. The zero-order chi connectivity index (χ0) is 12.8. The lowest BCUT2D eigenvalue weighted by atomic mass is 10.2. The summed E-state index contributed by atoms with van der Waals surface area (Å²) in [4.78, 5) is 11.5. The maximum Gasteiger partial charge on any atom is 0.304 e. The van der Waals surface area contributed by atoms with Gasteiger partial charge in [0.1, 0.15) is 0 Å². The standard InChI is InChI=1S/C12H16O4S/c1-8-6-9(15-2)10(16-3)7-11(8)17-5-4-12(13)14/h6-7H,4-5H2,1-3H3,(H,13,14). The molecule has 0 radical (unpaired) electrons. The minimum Gasteiger partial charge on any atom is -0.493 e. The van der Waals surface area contributed by atoms with Crippen LogP contribution in [0.1, 0.15) is 12.0 Å². The van der Waals surface area contributed by atoms with Crippen LogP contribution in [0, 0.1) is 6.92 Å². The SMILES string of the molecule is COc1cc(C)c(SCCC(=O)O)cc1OC. The summed E-state index contributed by atoms with van der Waals surface area (Å²) in [5.41, 5.74) is 1.05.